The minimum absolute atomic E-state index is 0.0421. The summed E-state index contributed by atoms with van der Waals surface area (Å²) in [6.07, 6.45) is 0. The first-order valence-electron chi connectivity index (χ1n) is 5.43. The van der Waals surface area contributed by atoms with Gasteiger partial charge in [-0.3, -0.25) is 10.1 Å². The van der Waals surface area contributed by atoms with Gasteiger partial charge in [0.05, 0.1) is 28.7 Å². The van der Waals surface area contributed by atoms with Crippen LogP contribution in [0.4, 0.5) is 11.4 Å². The number of thiazole rings is 1. The Labute approximate surface area is 112 Å². The smallest absolute Gasteiger partial charge is 0.296 e. The van der Waals surface area contributed by atoms with Crippen LogP contribution in [0.15, 0.2) is 23.0 Å². The molecule has 3 rings (SSSR count). The normalized spacial score (nSPS) is 12.4. The highest BCUT2D eigenvalue weighted by Gasteiger charge is 2.23. The van der Waals surface area contributed by atoms with E-state index in [1.807, 2.05) is 5.38 Å². The summed E-state index contributed by atoms with van der Waals surface area (Å²) in [7, 11) is 0. The van der Waals surface area contributed by atoms with E-state index >= 15 is 0 Å². The molecule has 98 valence electrons. The molecule has 0 atom stereocenters. The van der Waals surface area contributed by atoms with Crippen LogP contribution in [0.3, 0.4) is 0 Å². The van der Waals surface area contributed by atoms with E-state index in [1.165, 1.54) is 17.4 Å². The zero-order chi connectivity index (χ0) is 13.2. The van der Waals surface area contributed by atoms with Gasteiger partial charge in [-0.1, -0.05) is 0 Å². The van der Waals surface area contributed by atoms with E-state index in [9.17, 15) is 10.1 Å². The molecule has 7 nitrogen and oxygen atoms in total. The number of rotatable bonds is 4. The first-order valence-corrected chi connectivity index (χ1v) is 6.37. The van der Waals surface area contributed by atoms with Crippen molar-refractivity contribution >= 4 is 22.7 Å². The van der Waals surface area contributed by atoms with Gasteiger partial charge in [-0.25, -0.2) is 4.98 Å². The predicted molar refractivity (Wildman–Crippen MR) is 68.7 cm³/mol. The van der Waals surface area contributed by atoms with Gasteiger partial charge in [-0.2, -0.15) is 0 Å². The van der Waals surface area contributed by atoms with Gasteiger partial charge in [0.25, 0.3) is 5.69 Å². The molecule has 1 aromatic heterocycles. The molecule has 0 unspecified atom stereocenters. The lowest BCUT2D eigenvalue weighted by molar-refractivity contribution is -0.384. The summed E-state index contributed by atoms with van der Waals surface area (Å²) in [6.45, 7) is 0.506. The largest absolute Gasteiger partial charge is 0.454 e. The van der Waals surface area contributed by atoms with Gasteiger partial charge in [0.2, 0.25) is 6.79 Å². The number of ether oxygens (including phenoxy) is 2. The zero-order valence-electron chi connectivity index (χ0n) is 9.66. The molecule has 1 aliphatic rings. The Morgan fingerprint density at radius 2 is 2.21 bits per heavy atom. The number of fused-ring (bicyclic) bond motifs is 1. The molecule has 0 amide bonds. The number of hydrogen-bond donors (Lipinski definition) is 1. The van der Waals surface area contributed by atoms with Gasteiger partial charge >= 0.3 is 0 Å². The zero-order valence-corrected chi connectivity index (χ0v) is 10.5. The van der Waals surface area contributed by atoms with Crippen LogP contribution in [-0.2, 0) is 6.54 Å². The van der Waals surface area contributed by atoms with Crippen LogP contribution in [0.1, 0.15) is 5.69 Å². The van der Waals surface area contributed by atoms with Gasteiger partial charge in [-0.05, 0) is 0 Å². The number of anilines is 1. The predicted octanol–water partition coefficient (Wildman–Crippen LogP) is 2.39. The third kappa shape index (κ3) is 2.29. The number of nitrogens with one attached hydrogen (secondary N) is 1. The summed E-state index contributed by atoms with van der Waals surface area (Å²) in [5.74, 6) is 0.900. The molecule has 1 N–H and O–H groups in total. The molecular weight excluding hydrogens is 270 g/mol. The maximum atomic E-state index is 11.0. The van der Waals surface area contributed by atoms with Crippen LogP contribution in [-0.4, -0.2) is 16.7 Å². The van der Waals surface area contributed by atoms with Crippen molar-refractivity contribution < 1.29 is 14.4 Å². The molecule has 1 aromatic carbocycles. The van der Waals surface area contributed by atoms with E-state index in [1.54, 1.807) is 11.6 Å². The lowest BCUT2D eigenvalue weighted by Crippen LogP contribution is -2.02. The van der Waals surface area contributed by atoms with Gasteiger partial charge in [0, 0.05) is 11.4 Å². The van der Waals surface area contributed by atoms with E-state index in [4.69, 9.17) is 9.47 Å². The van der Waals surface area contributed by atoms with Crippen LogP contribution in [0.5, 0.6) is 11.5 Å². The summed E-state index contributed by atoms with van der Waals surface area (Å²) in [4.78, 5) is 14.7. The van der Waals surface area contributed by atoms with E-state index in [0.29, 0.717) is 23.7 Å². The molecule has 0 saturated heterocycles. The fourth-order valence-electron chi connectivity index (χ4n) is 1.73. The lowest BCUT2D eigenvalue weighted by Gasteiger charge is -2.06. The van der Waals surface area contributed by atoms with E-state index in [0.717, 1.165) is 5.69 Å². The third-order valence-electron chi connectivity index (χ3n) is 2.63. The second kappa shape index (κ2) is 4.73. The van der Waals surface area contributed by atoms with Crippen LogP contribution in [0.25, 0.3) is 0 Å². The maximum absolute atomic E-state index is 11.0. The Morgan fingerprint density at radius 1 is 1.42 bits per heavy atom. The highest BCUT2D eigenvalue weighted by Crippen LogP contribution is 2.40. The number of hydrogen-bond acceptors (Lipinski definition) is 7. The van der Waals surface area contributed by atoms with Crippen molar-refractivity contribution in [1.82, 2.24) is 4.98 Å². The van der Waals surface area contributed by atoms with Gasteiger partial charge < -0.3 is 14.8 Å². The highest BCUT2D eigenvalue weighted by atomic mass is 32.1. The molecule has 0 spiro atoms. The SMILES string of the molecule is O=[N+]([O-])c1cc2c(cc1NCc1cscn1)OCO2. The second-order valence-electron chi connectivity index (χ2n) is 3.81. The number of nitro benzene ring substituents is 1. The Bertz CT molecular complexity index is 615. The van der Waals surface area contributed by atoms with Crippen molar-refractivity contribution in [2.45, 2.75) is 6.54 Å². The number of nitrogens with zero attached hydrogens (tertiary/aromatic N) is 2. The van der Waals surface area contributed by atoms with E-state index < -0.39 is 4.92 Å². The van der Waals surface area contributed by atoms with Crippen molar-refractivity contribution in [2.24, 2.45) is 0 Å². The molecule has 0 radical (unpaired) electrons. The number of aromatic nitrogens is 1. The molecule has 0 saturated carbocycles. The van der Waals surface area contributed by atoms with Crippen molar-refractivity contribution in [3.8, 4) is 11.5 Å². The average molecular weight is 279 g/mol. The quantitative estimate of drug-likeness (QED) is 0.683. The second-order valence-corrected chi connectivity index (χ2v) is 4.53. The standard InChI is InChI=1S/C11H9N3O4S/c15-14(16)9-2-11-10(17-6-18-11)1-8(9)12-3-7-4-19-5-13-7/h1-2,4-5,12H,3,6H2. The minimum atomic E-state index is -0.453. The van der Waals surface area contributed by atoms with Crippen LogP contribution in [0.2, 0.25) is 0 Å². The Morgan fingerprint density at radius 3 is 2.89 bits per heavy atom. The summed E-state index contributed by atoms with van der Waals surface area (Å²) < 4.78 is 10.3. The monoisotopic (exact) mass is 279 g/mol. The molecule has 2 heterocycles. The topological polar surface area (TPSA) is 86.5 Å². The lowest BCUT2D eigenvalue weighted by atomic mass is 10.2. The minimum Gasteiger partial charge on any atom is -0.454 e. The third-order valence-corrected chi connectivity index (χ3v) is 3.27. The van der Waals surface area contributed by atoms with Gasteiger partial charge in [-0.15, -0.1) is 11.3 Å². The Balaban J connectivity index is 1.88. The van der Waals surface area contributed by atoms with Crippen molar-refractivity contribution in [1.29, 1.82) is 0 Å². The summed E-state index contributed by atoms with van der Waals surface area (Å²) >= 11 is 1.48. The molecule has 0 aliphatic carbocycles. The average Bonchev–Trinajstić information content (AvgIpc) is 3.05. The molecule has 1 aliphatic heterocycles. The van der Waals surface area contributed by atoms with Crippen molar-refractivity contribution in [3.05, 3.63) is 38.8 Å². The number of nitro groups is 1. The van der Waals surface area contributed by atoms with Crippen LogP contribution >= 0.6 is 11.3 Å². The summed E-state index contributed by atoms with van der Waals surface area (Å²) in [6, 6.07) is 2.94. The summed E-state index contributed by atoms with van der Waals surface area (Å²) in [5.41, 5.74) is 2.89. The van der Waals surface area contributed by atoms with Gasteiger partial charge in [0.15, 0.2) is 11.5 Å². The van der Waals surface area contributed by atoms with Crippen LogP contribution < -0.4 is 14.8 Å². The fourth-order valence-corrected chi connectivity index (χ4v) is 2.29. The molecule has 0 fully saturated rings. The van der Waals surface area contributed by atoms with Crippen molar-refractivity contribution in [2.75, 3.05) is 12.1 Å². The molecular formula is C11H9N3O4S. The maximum Gasteiger partial charge on any atom is 0.296 e. The van der Waals surface area contributed by atoms with Crippen molar-refractivity contribution in [3.63, 3.8) is 0 Å². The number of benzene rings is 1. The Kier molecular flexibility index (Phi) is 2.92. The van der Waals surface area contributed by atoms with E-state index in [-0.39, 0.29) is 12.5 Å². The molecule has 2 aromatic rings. The first-order chi connectivity index (χ1) is 9.24. The Hall–Kier alpha value is -2.35. The van der Waals surface area contributed by atoms with E-state index in [2.05, 4.69) is 10.3 Å². The summed E-state index contributed by atoms with van der Waals surface area (Å²) in [5, 5.41) is 15.9. The van der Waals surface area contributed by atoms with Crippen LogP contribution in [0, 0.1) is 10.1 Å². The fraction of sp³-hybridized carbons (Fsp3) is 0.182. The highest BCUT2D eigenvalue weighted by molar-refractivity contribution is 7.07. The molecule has 19 heavy (non-hydrogen) atoms. The van der Waals surface area contributed by atoms with Gasteiger partial charge in [0.1, 0.15) is 5.69 Å². The molecule has 0 bridgehead atoms. The first kappa shape index (κ1) is 11.7. The molecule has 8 heteroatoms.